The molecule has 0 aromatic heterocycles. The Labute approximate surface area is 121 Å². The standard InChI is InChI=1S/C16H13FO2S/c1-2-19-12-4-6-15-10(7-12)8-14(18)13-5-3-11(17)9-16(13)20-15/h3-6,8-9H,2,7H2,1H3. The predicted molar refractivity (Wildman–Crippen MR) is 77.1 cm³/mol. The molecule has 1 aliphatic heterocycles. The van der Waals surface area contributed by atoms with Crippen molar-refractivity contribution < 1.29 is 13.9 Å². The van der Waals surface area contributed by atoms with Crippen molar-refractivity contribution in [3.05, 3.63) is 64.0 Å². The first-order chi connectivity index (χ1) is 9.67. The first-order valence-electron chi connectivity index (χ1n) is 6.43. The van der Waals surface area contributed by atoms with Gasteiger partial charge in [0.15, 0.2) is 5.78 Å². The first-order valence-corrected chi connectivity index (χ1v) is 7.25. The lowest BCUT2D eigenvalue weighted by Crippen LogP contribution is -2.01. The number of carbonyl (C=O) groups is 1. The van der Waals surface area contributed by atoms with E-state index in [0.717, 1.165) is 16.2 Å². The Bertz CT molecular complexity index is 671. The van der Waals surface area contributed by atoms with Crippen LogP contribution >= 0.6 is 11.8 Å². The van der Waals surface area contributed by atoms with Crippen LogP contribution < -0.4 is 0 Å². The summed E-state index contributed by atoms with van der Waals surface area (Å²) in [5.41, 5.74) is 1.49. The van der Waals surface area contributed by atoms with E-state index in [2.05, 4.69) is 0 Å². The molecular weight excluding hydrogens is 275 g/mol. The van der Waals surface area contributed by atoms with Crippen LogP contribution in [0.4, 0.5) is 4.39 Å². The minimum absolute atomic E-state index is 0.0800. The van der Waals surface area contributed by atoms with Gasteiger partial charge in [-0.15, -0.1) is 0 Å². The van der Waals surface area contributed by atoms with Gasteiger partial charge in [0.05, 0.1) is 6.61 Å². The highest BCUT2D eigenvalue weighted by atomic mass is 32.2. The molecule has 1 heterocycles. The van der Waals surface area contributed by atoms with E-state index in [0.29, 0.717) is 23.5 Å². The van der Waals surface area contributed by atoms with Crippen LogP contribution in [0.15, 0.2) is 57.6 Å². The maximum absolute atomic E-state index is 13.3. The van der Waals surface area contributed by atoms with E-state index < -0.39 is 0 Å². The number of ether oxygens (including phenoxy) is 1. The Morgan fingerprint density at radius 2 is 2.20 bits per heavy atom. The van der Waals surface area contributed by atoms with E-state index in [1.54, 1.807) is 12.1 Å². The summed E-state index contributed by atoms with van der Waals surface area (Å²) in [5.74, 6) is 0.450. The number of hydrogen-bond donors (Lipinski definition) is 0. The smallest absolute Gasteiger partial charge is 0.187 e. The minimum atomic E-state index is -0.325. The maximum atomic E-state index is 13.3. The monoisotopic (exact) mass is 288 g/mol. The summed E-state index contributed by atoms with van der Waals surface area (Å²) in [4.78, 5) is 13.9. The molecule has 0 unspecified atom stereocenters. The molecular formula is C16H13FO2S. The summed E-state index contributed by atoms with van der Waals surface area (Å²) in [5, 5.41) is 0. The Morgan fingerprint density at radius 3 is 3.00 bits per heavy atom. The molecule has 102 valence electrons. The van der Waals surface area contributed by atoms with Gasteiger partial charge in [-0.3, -0.25) is 4.79 Å². The Balaban J connectivity index is 2.02. The van der Waals surface area contributed by atoms with Gasteiger partial charge in [0.2, 0.25) is 0 Å². The van der Waals surface area contributed by atoms with Crippen LogP contribution in [0.1, 0.15) is 23.7 Å². The summed E-state index contributed by atoms with van der Waals surface area (Å²) in [6, 6.07) is 4.28. The molecule has 0 N–H and O–H groups in total. The van der Waals surface area contributed by atoms with Crippen molar-refractivity contribution in [3.63, 3.8) is 0 Å². The van der Waals surface area contributed by atoms with Gasteiger partial charge in [-0.25, -0.2) is 4.39 Å². The average molecular weight is 288 g/mol. The molecule has 0 saturated heterocycles. The molecule has 1 aliphatic carbocycles. The fourth-order valence-electron chi connectivity index (χ4n) is 2.25. The summed E-state index contributed by atoms with van der Waals surface area (Å²) in [6.07, 6.45) is 6.08. The minimum Gasteiger partial charge on any atom is -0.498 e. The van der Waals surface area contributed by atoms with E-state index in [1.807, 2.05) is 19.1 Å². The van der Waals surface area contributed by atoms with E-state index in [9.17, 15) is 9.18 Å². The normalized spacial score (nSPS) is 17.3. The van der Waals surface area contributed by atoms with Crippen LogP contribution in [-0.2, 0) is 4.74 Å². The summed E-state index contributed by atoms with van der Waals surface area (Å²) < 4.78 is 18.8. The van der Waals surface area contributed by atoms with Gasteiger partial charge in [-0.2, -0.15) is 0 Å². The molecule has 3 rings (SSSR count). The van der Waals surface area contributed by atoms with Crippen LogP contribution in [0.25, 0.3) is 0 Å². The summed E-state index contributed by atoms with van der Waals surface area (Å²) in [7, 11) is 0. The molecule has 0 spiro atoms. The SMILES string of the molecule is CCOC1=CC=C2Sc3cc(F)ccc3C(=O)C=C2C1. The van der Waals surface area contributed by atoms with Gasteiger partial charge in [0.1, 0.15) is 11.6 Å². The topological polar surface area (TPSA) is 26.3 Å². The number of thioether (sulfide) groups is 1. The lowest BCUT2D eigenvalue weighted by atomic mass is 10.0. The molecule has 4 heteroatoms. The molecule has 1 aromatic carbocycles. The fourth-order valence-corrected chi connectivity index (χ4v) is 3.34. The molecule has 0 saturated carbocycles. The van der Waals surface area contributed by atoms with Crippen LogP contribution in [-0.4, -0.2) is 12.4 Å². The lowest BCUT2D eigenvalue weighted by Gasteiger charge is -2.16. The zero-order chi connectivity index (χ0) is 14.1. The summed E-state index contributed by atoms with van der Waals surface area (Å²) in [6.45, 7) is 2.54. The van der Waals surface area contributed by atoms with E-state index in [-0.39, 0.29) is 11.6 Å². The number of hydrogen-bond acceptors (Lipinski definition) is 3. The number of carbonyl (C=O) groups excluding carboxylic acids is 1. The third-order valence-corrected chi connectivity index (χ3v) is 4.34. The number of fused-ring (bicyclic) bond motifs is 2. The molecule has 0 fully saturated rings. The zero-order valence-corrected chi connectivity index (χ0v) is 11.8. The van der Waals surface area contributed by atoms with Gasteiger partial charge in [-0.05, 0) is 48.9 Å². The molecule has 0 radical (unpaired) electrons. The highest BCUT2D eigenvalue weighted by Crippen LogP contribution is 2.41. The third kappa shape index (κ3) is 2.43. The van der Waals surface area contributed by atoms with E-state index in [1.165, 1.54) is 23.9 Å². The molecule has 20 heavy (non-hydrogen) atoms. The maximum Gasteiger partial charge on any atom is 0.187 e. The zero-order valence-electron chi connectivity index (χ0n) is 11.0. The Kier molecular flexibility index (Phi) is 3.49. The van der Waals surface area contributed by atoms with E-state index >= 15 is 0 Å². The van der Waals surface area contributed by atoms with E-state index in [4.69, 9.17) is 4.74 Å². The van der Waals surface area contributed by atoms with Crippen molar-refractivity contribution in [2.24, 2.45) is 0 Å². The first kappa shape index (κ1) is 13.2. The largest absolute Gasteiger partial charge is 0.498 e. The highest BCUT2D eigenvalue weighted by Gasteiger charge is 2.22. The van der Waals surface area contributed by atoms with Crippen molar-refractivity contribution in [2.45, 2.75) is 18.2 Å². The van der Waals surface area contributed by atoms with Crippen LogP contribution in [0.5, 0.6) is 0 Å². The number of halogens is 1. The molecule has 1 aromatic rings. The van der Waals surface area contributed by atoms with Crippen molar-refractivity contribution in [1.29, 1.82) is 0 Å². The predicted octanol–water partition coefficient (Wildman–Crippen LogP) is 4.25. The molecule has 2 aliphatic rings. The van der Waals surface area contributed by atoms with Gasteiger partial charge >= 0.3 is 0 Å². The molecule has 0 amide bonds. The third-order valence-electron chi connectivity index (χ3n) is 3.17. The molecule has 2 nitrogen and oxygen atoms in total. The molecule has 0 bridgehead atoms. The number of ketones is 1. The van der Waals surface area contributed by atoms with Gasteiger partial charge < -0.3 is 4.74 Å². The quantitative estimate of drug-likeness (QED) is 0.814. The lowest BCUT2D eigenvalue weighted by molar-refractivity contribution is 0.104. The number of rotatable bonds is 2. The molecule has 0 atom stereocenters. The van der Waals surface area contributed by atoms with Crippen LogP contribution in [0, 0.1) is 5.82 Å². The van der Waals surface area contributed by atoms with Gasteiger partial charge in [0, 0.05) is 21.8 Å². The second kappa shape index (κ2) is 5.29. The number of benzene rings is 1. The van der Waals surface area contributed by atoms with Crippen LogP contribution in [0.3, 0.4) is 0 Å². The van der Waals surface area contributed by atoms with Gasteiger partial charge in [-0.1, -0.05) is 11.8 Å². The van der Waals surface area contributed by atoms with Crippen molar-refractivity contribution >= 4 is 17.5 Å². The fraction of sp³-hybridized carbons (Fsp3) is 0.188. The number of allylic oxidation sites excluding steroid dienone is 5. The van der Waals surface area contributed by atoms with Crippen molar-refractivity contribution in [3.8, 4) is 0 Å². The summed E-state index contributed by atoms with van der Waals surface area (Å²) >= 11 is 1.43. The van der Waals surface area contributed by atoms with Gasteiger partial charge in [0.25, 0.3) is 0 Å². The second-order valence-corrected chi connectivity index (χ2v) is 5.63. The highest BCUT2D eigenvalue weighted by molar-refractivity contribution is 8.03. The average Bonchev–Trinajstić information content (AvgIpc) is 2.54. The van der Waals surface area contributed by atoms with Crippen molar-refractivity contribution in [2.75, 3.05) is 6.61 Å². The Morgan fingerprint density at radius 1 is 1.35 bits per heavy atom. The van der Waals surface area contributed by atoms with Crippen molar-refractivity contribution in [1.82, 2.24) is 0 Å². The second-order valence-electron chi connectivity index (χ2n) is 4.55. The Hall–Kier alpha value is -1.81. The van der Waals surface area contributed by atoms with Crippen LogP contribution in [0.2, 0.25) is 0 Å².